The van der Waals surface area contributed by atoms with Crippen molar-refractivity contribution in [3.8, 4) is 17.2 Å². The van der Waals surface area contributed by atoms with Crippen molar-refractivity contribution in [2.24, 2.45) is 5.73 Å². The molecule has 0 radical (unpaired) electrons. The number of anilines is 1. The van der Waals surface area contributed by atoms with Gasteiger partial charge >= 0.3 is 0 Å². The van der Waals surface area contributed by atoms with E-state index in [0.29, 0.717) is 40.0 Å². The maximum Gasteiger partial charge on any atom is 0.248 e. The van der Waals surface area contributed by atoms with Gasteiger partial charge < -0.3 is 25.3 Å². The number of carbonyl (C=O) groups excluding carboxylic acids is 1. The minimum atomic E-state index is -0.606. The maximum absolute atomic E-state index is 12.1. The van der Waals surface area contributed by atoms with Crippen LogP contribution in [0.15, 0.2) is 29.7 Å². The number of nitrogens with two attached hydrogens (primary N) is 1. The van der Waals surface area contributed by atoms with Crippen molar-refractivity contribution in [3.63, 3.8) is 0 Å². The Morgan fingerprint density at radius 2 is 1.80 bits per heavy atom. The summed E-state index contributed by atoms with van der Waals surface area (Å²) in [6, 6.07) is 2.84. The molecule has 1 atom stereocenters. The zero-order valence-corrected chi connectivity index (χ0v) is 14.4. The van der Waals surface area contributed by atoms with Crippen LogP contribution in [0.4, 0.5) is 5.95 Å². The number of allylic oxidation sites excluding steroid dienone is 1. The molecule has 0 bridgehead atoms. The number of primary amides is 1. The van der Waals surface area contributed by atoms with Gasteiger partial charge in [0.25, 0.3) is 0 Å². The van der Waals surface area contributed by atoms with Gasteiger partial charge in [0.2, 0.25) is 11.9 Å². The van der Waals surface area contributed by atoms with Crippen molar-refractivity contribution in [2.45, 2.75) is 13.0 Å². The molecule has 1 aromatic heterocycles. The fraction of sp³-hybridized carbons (Fsp3) is 0.312. The molecule has 0 saturated carbocycles. The number of nitrogens with one attached hydrogen (secondary N) is 1. The molecule has 2 heterocycles. The number of ether oxygens (including phenoxy) is 3. The second kappa shape index (κ2) is 6.34. The maximum atomic E-state index is 12.1. The van der Waals surface area contributed by atoms with E-state index in [1.165, 1.54) is 27.7 Å². The number of fused-ring (bicyclic) bond motifs is 1. The lowest BCUT2D eigenvalue weighted by Gasteiger charge is -2.29. The van der Waals surface area contributed by atoms with Crippen LogP contribution in [0.3, 0.4) is 0 Å². The van der Waals surface area contributed by atoms with Gasteiger partial charge in [-0.3, -0.25) is 4.79 Å². The molecule has 3 rings (SSSR count). The molecule has 1 aliphatic heterocycles. The highest BCUT2D eigenvalue weighted by Crippen LogP contribution is 2.43. The number of hydrogen-bond acceptors (Lipinski definition) is 7. The first kappa shape index (κ1) is 16.6. The third-order valence-corrected chi connectivity index (χ3v) is 4.09. The highest BCUT2D eigenvalue weighted by Gasteiger charge is 2.35. The molecule has 0 saturated heterocycles. The molecule has 0 unspecified atom stereocenters. The van der Waals surface area contributed by atoms with Crippen LogP contribution in [-0.2, 0) is 4.79 Å². The molecule has 1 amide bonds. The molecular formula is C16H19N5O4. The predicted molar refractivity (Wildman–Crippen MR) is 89.8 cm³/mol. The largest absolute Gasteiger partial charge is 0.496 e. The van der Waals surface area contributed by atoms with Crippen LogP contribution in [0.2, 0.25) is 0 Å². The first-order valence-corrected chi connectivity index (χ1v) is 7.48. The van der Waals surface area contributed by atoms with E-state index in [2.05, 4.69) is 15.4 Å². The van der Waals surface area contributed by atoms with Crippen molar-refractivity contribution >= 4 is 11.9 Å². The van der Waals surface area contributed by atoms with Crippen LogP contribution in [0, 0.1) is 0 Å². The van der Waals surface area contributed by atoms with Crippen molar-refractivity contribution in [1.82, 2.24) is 14.8 Å². The quantitative estimate of drug-likeness (QED) is 0.833. The van der Waals surface area contributed by atoms with Crippen LogP contribution >= 0.6 is 0 Å². The number of benzene rings is 1. The number of nitrogens with zero attached hydrogens (tertiary/aromatic N) is 3. The fourth-order valence-electron chi connectivity index (χ4n) is 2.96. The first-order chi connectivity index (χ1) is 12.0. The van der Waals surface area contributed by atoms with E-state index in [1.807, 2.05) is 0 Å². The number of carbonyl (C=O) groups is 1. The summed E-state index contributed by atoms with van der Waals surface area (Å²) in [7, 11) is 4.61. The van der Waals surface area contributed by atoms with Crippen LogP contribution in [0.1, 0.15) is 18.5 Å². The van der Waals surface area contributed by atoms with Crippen LogP contribution in [0.5, 0.6) is 17.2 Å². The second-order valence-electron chi connectivity index (χ2n) is 5.41. The minimum Gasteiger partial charge on any atom is -0.496 e. The number of methoxy groups -OCH3 is 3. The number of hydrogen-bond donors (Lipinski definition) is 2. The summed E-state index contributed by atoms with van der Waals surface area (Å²) in [6.07, 6.45) is 1.40. The van der Waals surface area contributed by atoms with Crippen LogP contribution < -0.4 is 25.3 Å². The lowest BCUT2D eigenvalue weighted by atomic mass is 9.94. The Hall–Kier alpha value is -3.23. The second-order valence-corrected chi connectivity index (χ2v) is 5.41. The Morgan fingerprint density at radius 3 is 2.40 bits per heavy atom. The van der Waals surface area contributed by atoms with E-state index in [1.54, 1.807) is 23.7 Å². The van der Waals surface area contributed by atoms with E-state index >= 15 is 0 Å². The van der Waals surface area contributed by atoms with Gasteiger partial charge in [0, 0.05) is 17.3 Å². The van der Waals surface area contributed by atoms with Gasteiger partial charge in [0.15, 0.2) is 11.5 Å². The zero-order chi connectivity index (χ0) is 18.1. The highest BCUT2D eigenvalue weighted by molar-refractivity contribution is 5.95. The summed E-state index contributed by atoms with van der Waals surface area (Å²) in [5.74, 6) is 1.46. The van der Waals surface area contributed by atoms with E-state index in [9.17, 15) is 4.79 Å². The van der Waals surface area contributed by atoms with Gasteiger partial charge in [-0.1, -0.05) is 0 Å². The molecule has 0 spiro atoms. The normalized spacial score (nSPS) is 16.1. The summed E-state index contributed by atoms with van der Waals surface area (Å²) in [6.45, 7) is 1.76. The standard InChI is InChI=1S/C16H19N5O4/c1-8-13(15(17)22)14(21-16(20-8)18-7-19-21)9-5-11(24-3)12(25-4)6-10(9)23-2/h5-7,14H,1-4H3,(H2,17,22)(H,18,19,20)/t14-/m0/s1. The molecule has 9 nitrogen and oxygen atoms in total. The molecule has 9 heteroatoms. The van der Waals surface area contributed by atoms with Gasteiger partial charge in [0.1, 0.15) is 18.1 Å². The average Bonchev–Trinajstić information content (AvgIpc) is 3.06. The van der Waals surface area contributed by atoms with Crippen LogP contribution in [0.25, 0.3) is 0 Å². The Morgan fingerprint density at radius 1 is 1.16 bits per heavy atom. The van der Waals surface area contributed by atoms with Crippen molar-refractivity contribution in [3.05, 3.63) is 35.3 Å². The fourth-order valence-corrected chi connectivity index (χ4v) is 2.96. The smallest absolute Gasteiger partial charge is 0.248 e. The summed E-state index contributed by atoms with van der Waals surface area (Å²) in [5, 5.41) is 7.26. The molecule has 2 aromatic rings. The molecule has 0 fully saturated rings. The average molecular weight is 345 g/mol. The molecule has 0 aliphatic carbocycles. The first-order valence-electron chi connectivity index (χ1n) is 7.48. The summed E-state index contributed by atoms with van der Waals surface area (Å²) in [5.41, 5.74) is 7.26. The summed E-state index contributed by atoms with van der Waals surface area (Å²) in [4.78, 5) is 16.3. The third kappa shape index (κ3) is 2.63. The predicted octanol–water partition coefficient (Wildman–Crippen LogP) is 1.08. The number of rotatable bonds is 5. The lowest BCUT2D eigenvalue weighted by molar-refractivity contribution is -0.115. The SMILES string of the molecule is COc1cc(OC)c([C@H]2C(C(N)=O)=C(C)Nc3ncnn32)cc1OC. The van der Waals surface area contributed by atoms with E-state index in [-0.39, 0.29) is 0 Å². The molecular weight excluding hydrogens is 326 g/mol. The van der Waals surface area contributed by atoms with Crippen molar-refractivity contribution in [1.29, 1.82) is 0 Å². The Kier molecular flexibility index (Phi) is 4.22. The molecule has 3 N–H and O–H groups in total. The van der Waals surface area contributed by atoms with Gasteiger partial charge in [0.05, 0.1) is 26.9 Å². The minimum absolute atomic E-state index is 0.364. The third-order valence-electron chi connectivity index (χ3n) is 4.09. The van der Waals surface area contributed by atoms with Gasteiger partial charge in [-0.25, -0.2) is 4.68 Å². The topological polar surface area (TPSA) is 114 Å². The molecule has 1 aromatic carbocycles. The Labute approximate surface area is 144 Å². The van der Waals surface area contributed by atoms with E-state index in [4.69, 9.17) is 19.9 Å². The van der Waals surface area contributed by atoms with Crippen molar-refractivity contribution in [2.75, 3.05) is 26.6 Å². The number of aromatic nitrogens is 3. The molecule has 25 heavy (non-hydrogen) atoms. The monoisotopic (exact) mass is 345 g/mol. The number of amides is 1. The zero-order valence-electron chi connectivity index (χ0n) is 14.4. The summed E-state index contributed by atoms with van der Waals surface area (Å²) >= 11 is 0. The van der Waals surface area contributed by atoms with E-state index in [0.717, 1.165) is 0 Å². The Bertz CT molecular complexity index is 858. The van der Waals surface area contributed by atoms with Crippen LogP contribution in [-0.4, -0.2) is 42.0 Å². The van der Waals surface area contributed by atoms with Crippen molar-refractivity contribution < 1.29 is 19.0 Å². The lowest BCUT2D eigenvalue weighted by Crippen LogP contribution is -2.32. The molecule has 1 aliphatic rings. The summed E-state index contributed by atoms with van der Waals surface area (Å²) < 4.78 is 17.8. The highest BCUT2D eigenvalue weighted by atomic mass is 16.5. The van der Waals surface area contributed by atoms with Gasteiger partial charge in [-0.05, 0) is 13.0 Å². The Balaban J connectivity index is 2.28. The van der Waals surface area contributed by atoms with Gasteiger partial charge in [-0.15, -0.1) is 0 Å². The van der Waals surface area contributed by atoms with Gasteiger partial charge in [-0.2, -0.15) is 10.1 Å². The van der Waals surface area contributed by atoms with E-state index < -0.39 is 11.9 Å². The molecule has 132 valence electrons.